The predicted octanol–water partition coefficient (Wildman–Crippen LogP) is 4.24. The maximum atomic E-state index is 12.7. The van der Waals surface area contributed by atoms with Crippen molar-refractivity contribution in [3.8, 4) is 11.3 Å². The molecule has 164 valence electrons. The summed E-state index contributed by atoms with van der Waals surface area (Å²) in [4.78, 5) is 22.9. The van der Waals surface area contributed by atoms with E-state index >= 15 is 0 Å². The molecule has 1 aromatic carbocycles. The molecule has 31 heavy (non-hydrogen) atoms. The van der Waals surface area contributed by atoms with Crippen LogP contribution in [-0.4, -0.2) is 51.2 Å². The first-order valence-electron chi connectivity index (χ1n) is 10.2. The van der Waals surface area contributed by atoms with Crippen LogP contribution in [0.4, 0.5) is 19.0 Å². The smallest absolute Gasteiger partial charge is 0.334 e. The minimum absolute atomic E-state index is 0.0108. The Bertz CT molecular complexity index is 1070. The highest BCUT2D eigenvalue weighted by Gasteiger charge is 2.30. The van der Waals surface area contributed by atoms with Gasteiger partial charge in [-0.15, -0.1) is 0 Å². The number of benzene rings is 1. The van der Waals surface area contributed by atoms with Crippen LogP contribution < -0.4 is 5.32 Å². The first-order valence-corrected chi connectivity index (χ1v) is 10.2. The van der Waals surface area contributed by atoms with Crippen LogP contribution in [0, 0.1) is 5.92 Å². The molecule has 1 fully saturated rings. The van der Waals surface area contributed by atoms with E-state index in [9.17, 15) is 18.0 Å². The third-order valence-electron chi connectivity index (χ3n) is 5.76. The molecular formula is C22H24F3N5O. The van der Waals surface area contributed by atoms with Gasteiger partial charge in [-0.2, -0.15) is 13.2 Å². The van der Waals surface area contributed by atoms with Gasteiger partial charge in [0.05, 0.1) is 24.6 Å². The zero-order chi connectivity index (χ0) is 22.0. The molecule has 0 bridgehead atoms. The summed E-state index contributed by atoms with van der Waals surface area (Å²) in [6.45, 7) is 0.976. The molecule has 1 aliphatic rings. The number of amides is 1. The number of nitrogens with one attached hydrogen (secondary N) is 1. The Labute approximate surface area is 178 Å². The summed E-state index contributed by atoms with van der Waals surface area (Å²) < 4.78 is 39.1. The van der Waals surface area contributed by atoms with Crippen LogP contribution >= 0.6 is 0 Å². The number of aryl methyl sites for hydroxylation is 1. The average Bonchev–Trinajstić information content (AvgIpc) is 3.17. The van der Waals surface area contributed by atoms with Crippen LogP contribution in [0.5, 0.6) is 0 Å². The second kappa shape index (κ2) is 8.66. The van der Waals surface area contributed by atoms with E-state index < -0.39 is 12.6 Å². The molecule has 1 aliphatic heterocycles. The van der Waals surface area contributed by atoms with Crippen LogP contribution in [0.2, 0.25) is 0 Å². The third-order valence-corrected chi connectivity index (χ3v) is 5.76. The van der Waals surface area contributed by atoms with Gasteiger partial charge < -0.3 is 14.8 Å². The SMILES string of the molecule is Cn1cncc1-c1ccc2cnc(NC(=O)C3CCN(CCC(F)(F)F)CC3)cc2c1. The first kappa shape index (κ1) is 21.3. The van der Waals surface area contributed by atoms with Gasteiger partial charge in [-0.05, 0) is 43.5 Å². The number of imidazole rings is 1. The fourth-order valence-corrected chi connectivity index (χ4v) is 3.94. The largest absolute Gasteiger partial charge is 0.390 e. The summed E-state index contributed by atoms with van der Waals surface area (Å²) in [6, 6.07) is 7.85. The van der Waals surface area contributed by atoms with Gasteiger partial charge in [0.25, 0.3) is 0 Å². The summed E-state index contributed by atoms with van der Waals surface area (Å²) in [5, 5.41) is 4.78. The van der Waals surface area contributed by atoms with Crippen LogP contribution in [0.1, 0.15) is 19.3 Å². The predicted molar refractivity (Wildman–Crippen MR) is 112 cm³/mol. The Morgan fingerprint density at radius 1 is 1.16 bits per heavy atom. The molecule has 0 unspecified atom stereocenters. The Kier molecular flexibility index (Phi) is 5.95. The summed E-state index contributed by atoms with van der Waals surface area (Å²) in [6.07, 6.45) is 1.39. The summed E-state index contributed by atoms with van der Waals surface area (Å²) >= 11 is 0. The van der Waals surface area contributed by atoms with E-state index in [1.54, 1.807) is 23.6 Å². The van der Waals surface area contributed by atoms with Crippen LogP contribution in [0.25, 0.3) is 22.0 Å². The summed E-state index contributed by atoms with van der Waals surface area (Å²) in [7, 11) is 1.93. The lowest BCUT2D eigenvalue weighted by atomic mass is 9.95. The molecule has 0 radical (unpaired) electrons. The Morgan fingerprint density at radius 2 is 1.94 bits per heavy atom. The Hall–Kier alpha value is -2.94. The normalized spacial score (nSPS) is 16.0. The second-order valence-electron chi connectivity index (χ2n) is 7.99. The average molecular weight is 431 g/mol. The lowest BCUT2D eigenvalue weighted by Gasteiger charge is -2.31. The summed E-state index contributed by atoms with van der Waals surface area (Å²) in [5.41, 5.74) is 2.00. The maximum Gasteiger partial charge on any atom is 0.390 e. The number of rotatable bonds is 5. The fourth-order valence-electron chi connectivity index (χ4n) is 3.94. The number of hydrogen-bond donors (Lipinski definition) is 1. The van der Waals surface area contributed by atoms with E-state index in [1.165, 1.54) is 0 Å². The molecule has 9 heteroatoms. The van der Waals surface area contributed by atoms with Gasteiger partial charge in [0, 0.05) is 36.7 Å². The number of aromatic nitrogens is 3. The van der Waals surface area contributed by atoms with Gasteiger partial charge in [-0.25, -0.2) is 9.97 Å². The first-order chi connectivity index (χ1) is 14.8. The zero-order valence-electron chi connectivity index (χ0n) is 17.2. The van der Waals surface area contributed by atoms with E-state index in [1.807, 2.05) is 35.9 Å². The summed E-state index contributed by atoms with van der Waals surface area (Å²) in [5.74, 6) is 0.115. The van der Waals surface area contributed by atoms with Gasteiger partial charge >= 0.3 is 6.18 Å². The molecule has 0 saturated carbocycles. The van der Waals surface area contributed by atoms with Crippen molar-refractivity contribution in [2.24, 2.45) is 13.0 Å². The number of fused-ring (bicyclic) bond motifs is 1. The molecule has 2 aromatic heterocycles. The lowest BCUT2D eigenvalue weighted by Crippen LogP contribution is -2.39. The maximum absolute atomic E-state index is 12.7. The Morgan fingerprint density at radius 3 is 2.61 bits per heavy atom. The molecule has 6 nitrogen and oxygen atoms in total. The minimum atomic E-state index is -4.15. The standard InChI is InChI=1S/C22H24F3N5O/c1-29-14-26-13-19(29)16-2-3-17-12-27-20(11-18(17)10-16)28-21(31)15-4-7-30(8-5-15)9-6-22(23,24)25/h2-3,10-15H,4-9H2,1H3,(H,27,28,31). The number of anilines is 1. The van der Waals surface area contributed by atoms with E-state index in [-0.39, 0.29) is 18.4 Å². The molecule has 1 N–H and O–H groups in total. The highest BCUT2D eigenvalue weighted by atomic mass is 19.4. The number of halogens is 3. The van der Waals surface area contributed by atoms with Crippen LogP contribution in [0.3, 0.4) is 0 Å². The highest BCUT2D eigenvalue weighted by molar-refractivity contribution is 5.95. The number of carbonyl (C=O) groups is 1. The molecule has 0 atom stereocenters. The van der Waals surface area contributed by atoms with E-state index in [0.717, 1.165) is 22.0 Å². The van der Waals surface area contributed by atoms with Crippen molar-refractivity contribution < 1.29 is 18.0 Å². The van der Waals surface area contributed by atoms with Crippen LogP contribution in [-0.2, 0) is 11.8 Å². The monoisotopic (exact) mass is 431 g/mol. The second-order valence-corrected chi connectivity index (χ2v) is 7.99. The molecule has 4 rings (SSSR count). The van der Waals surface area contributed by atoms with E-state index in [0.29, 0.717) is 31.7 Å². The number of carbonyl (C=O) groups excluding carboxylic acids is 1. The number of likely N-dealkylation sites (tertiary alicyclic amines) is 1. The number of nitrogens with zero attached hydrogens (tertiary/aromatic N) is 4. The molecule has 0 aliphatic carbocycles. The number of piperidine rings is 1. The highest BCUT2D eigenvalue weighted by Crippen LogP contribution is 2.26. The van der Waals surface area contributed by atoms with Crippen molar-refractivity contribution in [1.82, 2.24) is 19.4 Å². The Balaban J connectivity index is 1.39. The molecule has 0 spiro atoms. The van der Waals surface area contributed by atoms with Gasteiger partial charge in [0.2, 0.25) is 5.91 Å². The van der Waals surface area contributed by atoms with Crippen molar-refractivity contribution in [2.75, 3.05) is 25.0 Å². The number of pyridine rings is 1. The van der Waals surface area contributed by atoms with E-state index in [4.69, 9.17) is 0 Å². The van der Waals surface area contributed by atoms with Gasteiger partial charge in [-0.3, -0.25) is 4.79 Å². The van der Waals surface area contributed by atoms with Gasteiger partial charge in [-0.1, -0.05) is 12.1 Å². The quantitative estimate of drug-likeness (QED) is 0.657. The van der Waals surface area contributed by atoms with Crippen LogP contribution in [0.15, 0.2) is 43.0 Å². The minimum Gasteiger partial charge on any atom is -0.334 e. The molecule has 3 heterocycles. The van der Waals surface area contributed by atoms with Crippen molar-refractivity contribution >= 4 is 22.5 Å². The topological polar surface area (TPSA) is 63.1 Å². The third kappa shape index (κ3) is 5.22. The fraction of sp³-hybridized carbons (Fsp3) is 0.409. The van der Waals surface area contributed by atoms with Crippen molar-refractivity contribution in [3.05, 3.63) is 43.0 Å². The van der Waals surface area contributed by atoms with Crippen molar-refractivity contribution in [3.63, 3.8) is 0 Å². The van der Waals surface area contributed by atoms with Crippen molar-refractivity contribution in [1.29, 1.82) is 0 Å². The number of alkyl halides is 3. The molecule has 1 saturated heterocycles. The van der Waals surface area contributed by atoms with Crippen molar-refractivity contribution in [2.45, 2.75) is 25.4 Å². The van der Waals surface area contributed by atoms with E-state index in [2.05, 4.69) is 15.3 Å². The number of hydrogen-bond acceptors (Lipinski definition) is 4. The molecule has 1 amide bonds. The zero-order valence-corrected chi connectivity index (χ0v) is 17.2. The molecule has 3 aromatic rings. The van der Waals surface area contributed by atoms with Gasteiger partial charge in [0.15, 0.2) is 0 Å². The lowest BCUT2D eigenvalue weighted by molar-refractivity contribution is -0.139. The molecular weight excluding hydrogens is 407 g/mol. The van der Waals surface area contributed by atoms with Gasteiger partial charge in [0.1, 0.15) is 5.82 Å².